The molecule has 1 aromatic carbocycles. The summed E-state index contributed by atoms with van der Waals surface area (Å²) in [6.07, 6.45) is 0. The maximum Gasteiger partial charge on any atom is 0.251 e. The molecule has 0 spiro atoms. The third-order valence-corrected chi connectivity index (χ3v) is 7.49. The predicted molar refractivity (Wildman–Crippen MR) is 107 cm³/mol. The smallest absolute Gasteiger partial charge is 0.251 e. The quantitative estimate of drug-likeness (QED) is 0.610. The van der Waals surface area contributed by atoms with E-state index in [4.69, 9.17) is 0 Å². The van der Waals surface area contributed by atoms with Gasteiger partial charge in [0.2, 0.25) is 5.91 Å². The second-order valence-corrected chi connectivity index (χ2v) is 10.0. The van der Waals surface area contributed by atoms with Crippen LogP contribution in [0.25, 0.3) is 0 Å². The molecule has 0 radical (unpaired) electrons. The van der Waals surface area contributed by atoms with Crippen LogP contribution >= 0.6 is 11.8 Å². The molecule has 2 heterocycles. The van der Waals surface area contributed by atoms with Crippen LogP contribution in [-0.2, 0) is 14.6 Å². The van der Waals surface area contributed by atoms with Crippen molar-refractivity contribution >= 4 is 44.3 Å². The molecule has 1 saturated heterocycles. The van der Waals surface area contributed by atoms with Gasteiger partial charge >= 0.3 is 0 Å². The predicted octanol–water partition coefficient (Wildman–Crippen LogP) is 0.541. The summed E-state index contributed by atoms with van der Waals surface area (Å²) in [6.45, 7) is 4.06. The lowest BCUT2D eigenvalue weighted by molar-refractivity contribution is -0.118. The monoisotopic (exact) mass is 410 g/mol. The molecule has 1 fully saturated rings. The Morgan fingerprint density at radius 2 is 1.96 bits per heavy atom. The zero-order valence-corrected chi connectivity index (χ0v) is 16.7. The summed E-state index contributed by atoms with van der Waals surface area (Å²) in [5, 5.41) is 9.25. The van der Waals surface area contributed by atoms with Crippen LogP contribution in [0, 0.1) is 6.92 Å². The van der Waals surface area contributed by atoms with Crippen molar-refractivity contribution in [1.82, 2.24) is 10.6 Å². The van der Waals surface area contributed by atoms with Crippen molar-refractivity contribution in [2.45, 2.75) is 25.1 Å². The van der Waals surface area contributed by atoms with Gasteiger partial charge in [-0.25, -0.2) is 8.42 Å². The zero-order chi connectivity index (χ0) is 19.6. The van der Waals surface area contributed by atoms with Gasteiger partial charge in [-0.3, -0.25) is 14.6 Å². The number of nitrogens with zero attached hydrogens (tertiary/aromatic N) is 1. The number of sulfone groups is 1. The van der Waals surface area contributed by atoms with E-state index in [1.807, 2.05) is 13.0 Å². The second-order valence-electron chi connectivity index (χ2n) is 6.63. The topological polar surface area (TPSA) is 117 Å². The highest BCUT2D eigenvalue weighted by molar-refractivity contribution is 8.15. The lowest BCUT2D eigenvalue weighted by Gasteiger charge is -2.12. The van der Waals surface area contributed by atoms with E-state index in [0.717, 1.165) is 11.3 Å². The van der Waals surface area contributed by atoms with Crippen molar-refractivity contribution in [3.8, 4) is 0 Å². The maximum absolute atomic E-state index is 12.3. The molecule has 10 heteroatoms. The van der Waals surface area contributed by atoms with Crippen molar-refractivity contribution in [3.63, 3.8) is 0 Å². The fraction of sp³-hybridized carbons (Fsp3) is 0.471. The van der Waals surface area contributed by atoms with E-state index in [-0.39, 0.29) is 34.6 Å². The molecule has 3 N–H and O–H groups in total. The Morgan fingerprint density at radius 3 is 2.67 bits per heavy atom. The number of anilines is 1. The van der Waals surface area contributed by atoms with Crippen molar-refractivity contribution in [3.05, 3.63) is 29.3 Å². The number of hydrogen-bond acceptors (Lipinski definition) is 7. The molecule has 27 heavy (non-hydrogen) atoms. The SMILES string of the molecule is CC(=O)NCCNC(=O)c1ccc(C)c(NC2=N[C@@H]3CS(=O)(=O)C[C@@H]3S2)c1. The molecule has 0 saturated carbocycles. The first-order valence-electron chi connectivity index (χ1n) is 8.59. The lowest BCUT2D eigenvalue weighted by Crippen LogP contribution is -2.33. The highest BCUT2D eigenvalue weighted by Crippen LogP contribution is 2.35. The van der Waals surface area contributed by atoms with Gasteiger partial charge in [0.1, 0.15) is 0 Å². The molecule has 146 valence electrons. The summed E-state index contributed by atoms with van der Waals surface area (Å²) in [5.74, 6) is -0.107. The summed E-state index contributed by atoms with van der Waals surface area (Å²) in [5.41, 5.74) is 2.22. The van der Waals surface area contributed by atoms with Crippen molar-refractivity contribution in [2.24, 2.45) is 4.99 Å². The lowest BCUT2D eigenvalue weighted by atomic mass is 10.1. The number of rotatable bonds is 5. The Labute approximate surface area is 162 Å². The third kappa shape index (κ3) is 5.01. The number of amidine groups is 1. The van der Waals surface area contributed by atoms with Crippen LogP contribution in [0.3, 0.4) is 0 Å². The summed E-state index contributed by atoms with van der Waals surface area (Å²) in [6, 6.07) is 5.13. The van der Waals surface area contributed by atoms with Crippen LogP contribution in [0.15, 0.2) is 23.2 Å². The van der Waals surface area contributed by atoms with Gasteiger partial charge < -0.3 is 16.0 Å². The van der Waals surface area contributed by atoms with Crippen LogP contribution in [0.2, 0.25) is 0 Å². The largest absolute Gasteiger partial charge is 0.355 e. The number of thioether (sulfide) groups is 1. The van der Waals surface area contributed by atoms with Gasteiger partial charge in [0.25, 0.3) is 5.91 Å². The molecule has 2 amide bonds. The van der Waals surface area contributed by atoms with Gasteiger partial charge in [-0.1, -0.05) is 17.8 Å². The number of nitrogens with one attached hydrogen (secondary N) is 3. The number of carbonyl (C=O) groups is 2. The van der Waals surface area contributed by atoms with E-state index < -0.39 is 9.84 Å². The summed E-state index contributed by atoms with van der Waals surface area (Å²) in [4.78, 5) is 27.6. The van der Waals surface area contributed by atoms with E-state index in [2.05, 4.69) is 20.9 Å². The highest BCUT2D eigenvalue weighted by atomic mass is 32.2. The van der Waals surface area contributed by atoms with Gasteiger partial charge in [0.05, 0.1) is 17.5 Å². The van der Waals surface area contributed by atoms with E-state index >= 15 is 0 Å². The minimum atomic E-state index is -2.98. The van der Waals surface area contributed by atoms with Gasteiger partial charge in [0, 0.05) is 36.5 Å². The van der Waals surface area contributed by atoms with E-state index in [1.54, 1.807) is 12.1 Å². The number of benzene rings is 1. The zero-order valence-electron chi connectivity index (χ0n) is 15.1. The van der Waals surface area contributed by atoms with Gasteiger partial charge in [-0.15, -0.1) is 0 Å². The maximum atomic E-state index is 12.3. The number of fused-ring (bicyclic) bond motifs is 1. The Balaban J connectivity index is 1.62. The van der Waals surface area contributed by atoms with Crippen LogP contribution in [0.5, 0.6) is 0 Å². The van der Waals surface area contributed by atoms with Crippen molar-refractivity contribution in [1.29, 1.82) is 0 Å². The Morgan fingerprint density at radius 1 is 1.22 bits per heavy atom. The first-order valence-corrected chi connectivity index (χ1v) is 11.3. The average Bonchev–Trinajstić information content (AvgIpc) is 3.05. The van der Waals surface area contributed by atoms with Crippen LogP contribution in [-0.4, -0.2) is 61.3 Å². The molecule has 0 unspecified atom stereocenters. The Bertz CT molecular complexity index is 898. The molecule has 2 aliphatic rings. The fourth-order valence-electron chi connectivity index (χ4n) is 2.95. The molecular formula is C17H22N4O4S2. The molecular weight excluding hydrogens is 388 g/mol. The van der Waals surface area contributed by atoms with Gasteiger partial charge in [-0.05, 0) is 24.6 Å². The molecule has 2 aliphatic heterocycles. The number of aliphatic imine (C=N–C) groups is 1. The summed E-state index contributed by atoms with van der Waals surface area (Å²) >= 11 is 1.44. The average molecular weight is 411 g/mol. The summed E-state index contributed by atoms with van der Waals surface area (Å²) < 4.78 is 23.3. The summed E-state index contributed by atoms with van der Waals surface area (Å²) in [7, 11) is -2.98. The number of aryl methyl sites for hydroxylation is 1. The molecule has 0 bridgehead atoms. The normalized spacial score (nSPS) is 22.7. The standard InChI is InChI=1S/C17H22N4O4S2/c1-10-3-4-12(16(23)19-6-5-18-11(2)22)7-13(10)20-17-21-14-8-27(24,25)9-15(14)26-17/h3-4,7,14-15H,5-6,8-9H2,1-2H3,(H,18,22)(H,19,23)(H,20,21)/t14-,15+/m1/s1. The third-order valence-electron chi connectivity index (χ3n) is 4.34. The first-order chi connectivity index (χ1) is 12.7. The van der Waals surface area contributed by atoms with E-state index in [9.17, 15) is 18.0 Å². The molecule has 0 aromatic heterocycles. The van der Waals surface area contributed by atoms with Gasteiger partial charge in [-0.2, -0.15) is 0 Å². The Kier molecular flexibility index (Phi) is 5.75. The van der Waals surface area contributed by atoms with Gasteiger partial charge in [0.15, 0.2) is 15.0 Å². The van der Waals surface area contributed by atoms with Crippen molar-refractivity contribution < 1.29 is 18.0 Å². The fourth-order valence-corrected chi connectivity index (χ4v) is 6.61. The number of carbonyl (C=O) groups excluding carboxylic acids is 2. The minimum absolute atomic E-state index is 0.0296. The van der Waals surface area contributed by atoms with Crippen LogP contribution in [0.4, 0.5) is 5.69 Å². The Hall–Kier alpha value is -2.07. The van der Waals surface area contributed by atoms with Crippen molar-refractivity contribution in [2.75, 3.05) is 29.9 Å². The molecule has 1 aromatic rings. The van der Waals surface area contributed by atoms with E-state index in [0.29, 0.717) is 23.8 Å². The number of hydrogen-bond donors (Lipinski definition) is 3. The molecule has 3 rings (SSSR count). The van der Waals surface area contributed by atoms with Crippen LogP contribution in [0.1, 0.15) is 22.8 Å². The van der Waals surface area contributed by atoms with Crippen LogP contribution < -0.4 is 16.0 Å². The molecule has 2 atom stereocenters. The highest BCUT2D eigenvalue weighted by Gasteiger charge is 2.42. The first kappa shape index (κ1) is 19.7. The van der Waals surface area contributed by atoms with E-state index in [1.165, 1.54) is 18.7 Å². The molecule has 8 nitrogen and oxygen atoms in total. The molecule has 0 aliphatic carbocycles. The number of amides is 2. The minimum Gasteiger partial charge on any atom is -0.355 e. The second kappa shape index (κ2) is 7.89.